The highest BCUT2D eigenvalue weighted by Gasteiger charge is 2.15. The molecule has 0 fully saturated rings. The molecule has 0 aliphatic rings. The van der Waals surface area contributed by atoms with E-state index in [4.69, 9.17) is 15.2 Å². The van der Waals surface area contributed by atoms with Gasteiger partial charge in [-0.3, -0.25) is 9.36 Å². The van der Waals surface area contributed by atoms with Crippen LogP contribution in [0, 0.1) is 0 Å². The number of aromatic nitrogens is 3. The average molecular weight is 457 g/mol. The van der Waals surface area contributed by atoms with Crippen LogP contribution in [0.3, 0.4) is 0 Å². The van der Waals surface area contributed by atoms with Gasteiger partial charge in [-0.1, -0.05) is 71.9 Å². The molecule has 168 valence electrons. The molecule has 2 heterocycles. The van der Waals surface area contributed by atoms with Crippen molar-refractivity contribution in [3.05, 3.63) is 120 Å². The van der Waals surface area contributed by atoms with Crippen molar-refractivity contribution in [2.45, 2.75) is 0 Å². The summed E-state index contributed by atoms with van der Waals surface area (Å²) >= 11 is 0. The Morgan fingerprint density at radius 1 is 0.714 bits per heavy atom. The number of rotatable bonds is 4. The topological polar surface area (TPSA) is 86.9 Å². The number of fused-ring (bicyclic) bond motifs is 1. The minimum absolute atomic E-state index is 0.118. The number of nitrogens with two attached hydrogens (primary N) is 1. The van der Waals surface area contributed by atoms with E-state index < -0.39 is 0 Å². The van der Waals surface area contributed by atoms with Crippen molar-refractivity contribution in [2.75, 3.05) is 5.73 Å². The summed E-state index contributed by atoms with van der Waals surface area (Å²) in [7, 11) is 0. The van der Waals surface area contributed by atoms with Crippen molar-refractivity contribution in [3.63, 3.8) is 0 Å². The van der Waals surface area contributed by atoms with Gasteiger partial charge in [-0.25, -0.2) is 4.98 Å². The standard InChI is InChI=1S/C29H20N4O2/c30-22-10-6-9-21(17-22)27-18-26(32-35-27)19-13-15-23(16-14-19)33-28(20-7-2-1-3-8-20)31-25-12-5-4-11-24(25)29(33)34/h1-18H,30H2. The van der Waals surface area contributed by atoms with E-state index >= 15 is 0 Å². The van der Waals surface area contributed by atoms with Gasteiger partial charge in [0.15, 0.2) is 5.76 Å². The molecule has 6 nitrogen and oxygen atoms in total. The number of hydrogen-bond acceptors (Lipinski definition) is 5. The van der Waals surface area contributed by atoms with Crippen molar-refractivity contribution >= 4 is 16.6 Å². The van der Waals surface area contributed by atoms with Crippen LogP contribution in [0.1, 0.15) is 0 Å². The van der Waals surface area contributed by atoms with Crippen molar-refractivity contribution in [2.24, 2.45) is 0 Å². The molecule has 0 unspecified atom stereocenters. The molecule has 0 bridgehead atoms. The second kappa shape index (κ2) is 8.43. The van der Waals surface area contributed by atoms with Crippen LogP contribution < -0.4 is 11.3 Å². The van der Waals surface area contributed by atoms with E-state index in [0.717, 1.165) is 22.4 Å². The minimum Gasteiger partial charge on any atom is -0.399 e. The van der Waals surface area contributed by atoms with Crippen molar-refractivity contribution in [1.29, 1.82) is 0 Å². The highest BCUT2D eigenvalue weighted by atomic mass is 16.5. The number of hydrogen-bond donors (Lipinski definition) is 1. The molecule has 2 aromatic heterocycles. The zero-order valence-corrected chi connectivity index (χ0v) is 18.6. The molecule has 0 atom stereocenters. The lowest BCUT2D eigenvalue weighted by atomic mass is 10.1. The SMILES string of the molecule is Nc1cccc(-c2cc(-c3ccc(-n4c(-c5ccccc5)nc5ccccc5c4=O)cc3)no2)c1. The van der Waals surface area contributed by atoms with E-state index in [1.165, 1.54) is 0 Å². The molecule has 0 aliphatic carbocycles. The third-order valence-electron chi connectivity index (χ3n) is 5.91. The third kappa shape index (κ3) is 3.77. The predicted molar refractivity (Wildman–Crippen MR) is 138 cm³/mol. The van der Waals surface area contributed by atoms with Crippen molar-refractivity contribution < 1.29 is 4.52 Å². The molecular weight excluding hydrogens is 436 g/mol. The summed E-state index contributed by atoms with van der Waals surface area (Å²) in [6.07, 6.45) is 0. The number of benzene rings is 4. The molecular formula is C29H20N4O2. The molecule has 0 aliphatic heterocycles. The van der Waals surface area contributed by atoms with Crippen molar-refractivity contribution in [3.8, 4) is 39.7 Å². The molecule has 2 N–H and O–H groups in total. The summed E-state index contributed by atoms with van der Waals surface area (Å²) in [6, 6.07) is 34.1. The van der Waals surface area contributed by atoms with Gasteiger partial charge in [0.25, 0.3) is 5.56 Å². The molecule has 0 radical (unpaired) electrons. The van der Waals surface area contributed by atoms with Crippen LogP contribution in [0.2, 0.25) is 0 Å². The van der Waals surface area contributed by atoms with E-state index in [0.29, 0.717) is 33.9 Å². The van der Waals surface area contributed by atoms with Crippen LogP contribution in [0.25, 0.3) is 50.6 Å². The predicted octanol–water partition coefficient (Wildman–Crippen LogP) is 5.96. The molecule has 0 amide bonds. The molecule has 0 saturated carbocycles. The van der Waals surface area contributed by atoms with Crippen LogP contribution in [-0.4, -0.2) is 14.7 Å². The first-order valence-electron chi connectivity index (χ1n) is 11.2. The van der Waals surface area contributed by atoms with Gasteiger partial charge in [0.1, 0.15) is 11.5 Å². The first kappa shape index (κ1) is 20.6. The van der Waals surface area contributed by atoms with E-state index in [1.807, 2.05) is 103 Å². The van der Waals surface area contributed by atoms with Gasteiger partial charge in [0.05, 0.1) is 16.6 Å². The number of nitrogen functional groups attached to an aromatic ring is 1. The number of anilines is 1. The summed E-state index contributed by atoms with van der Waals surface area (Å²) in [5, 5.41) is 4.79. The van der Waals surface area contributed by atoms with E-state index in [2.05, 4.69) is 5.16 Å². The summed E-state index contributed by atoms with van der Waals surface area (Å²) < 4.78 is 7.20. The van der Waals surface area contributed by atoms with Crippen LogP contribution in [0.5, 0.6) is 0 Å². The molecule has 6 rings (SSSR count). The van der Waals surface area contributed by atoms with E-state index in [-0.39, 0.29) is 5.56 Å². The highest BCUT2D eigenvalue weighted by Crippen LogP contribution is 2.28. The minimum atomic E-state index is -0.118. The fourth-order valence-electron chi connectivity index (χ4n) is 4.17. The monoisotopic (exact) mass is 456 g/mol. The lowest BCUT2D eigenvalue weighted by Gasteiger charge is -2.14. The van der Waals surface area contributed by atoms with Gasteiger partial charge >= 0.3 is 0 Å². The molecule has 6 heteroatoms. The summed E-state index contributed by atoms with van der Waals surface area (Å²) in [4.78, 5) is 18.4. The first-order valence-corrected chi connectivity index (χ1v) is 11.2. The Morgan fingerprint density at radius 3 is 2.26 bits per heavy atom. The van der Waals surface area contributed by atoms with Crippen LogP contribution in [-0.2, 0) is 0 Å². The molecule has 4 aromatic carbocycles. The first-order chi connectivity index (χ1) is 17.2. The summed E-state index contributed by atoms with van der Waals surface area (Å²) in [6.45, 7) is 0. The maximum Gasteiger partial charge on any atom is 0.266 e. The average Bonchev–Trinajstić information content (AvgIpc) is 3.40. The summed E-state index contributed by atoms with van der Waals surface area (Å²) in [5.41, 5.74) is 11.1. The number of para-hydroxylation sites is 1. The fourth-order valence-corrected chi connectivity index (χ4v) is 4.17. The van der Waals surface area contributed by atoms with E-state index in [1.54, 1.807) is 10.6 Å². The Labute approximate surface area is 200 Å². The second-order valence-corrected chi connectivity index (χ2v) is 8.21. The Bertz CT molecular complexity index is 1720. The Morgan fingerprint density at radius 2 is 1.46 bits per heavy atom. The zero-order chi connectivity index (χ0) is 23.8. The van der Waals surface area contributed by atoms with E-state index in [9.17, 15) is 4.79 Å². The van der Waals surface area contributed by atoms with Gasteiger partial charge in [-0.2, -0.15) is 0 Å². The summed E-state index contributed by atoms with van der Waals surface area (Å²) in [5.74, 6) is 1.23. The maximum atomic E-state index is 13.6. The lowest BCUT2D eigenvalue weighted by Crippen LogP contribution is -2.21. The molecule has 6 aromatic rings. The Kier molecular flexibility index (Phi) is 4.96. The highest BCUT2D eigenvalue weighted by molar-refractivity contribution is 5.80. The third-order valence-corrected chi connectivity index (χ3v) is 5.91. The normalized spacial score (nSPS) is 11.1. The maximum absolute atomic E-state index is 13.6. The number of nitrogens with zero attached hydrogens (tertiary/aromatic N) is 3. The molecule has 0 spiro atoms. The fraction of sp³-hybridized carbons (Fsp3) is 0. The van der Waals surface area contributed by atoms with Gasteiger partial charge in [-0.15, -0.1) is 0 Å². The smallest absolute Gasteiger partial charge is 0.266 e. The van der Waals surface area contributed by atoms with Gasteiger partial charge in [0.2, 0.25) is 0 Å². The van der Waals surface area contributed by atoms with Gasteiger partial charge < -0.3 is 10.3 Å². The Hall–Kier alpha value is -4.97. The molecule has 0 saturated heterocycles. The second-order valence-electron chi connectivity index (χ2n) is 8.21. The van der Waals surface area contributed by atoms with Gasteiger partial charge in [0, 0.05) is 28.4 Å². The zero-order valence-electron chi connectivity index (χ0n) is 18.6. The quantitative estimate of drug-likeness (QED) is 0.331. The van der Waals surface area contributed by atoms with Crippen LogP contribution >= 0.6 is 0 Å². The van der Waals surface area contributed by atoms with Crippen LogP contribution in [0.4, 0.5) is 5.69 Å². The largest absolute Gasteiger partial charge is 0.399 e. The van der Waals surface area contributed by atoms with Crippen molar-refractivity contribution in [1.82, 2.24) is 14.7 Å². The van der Waals surface area contributed by atoms with Gasteiger partial charge in [-0.05, 0) is 36.4 Å². The van der Waals surface area contributed by atoms with Crippen LogP contribution in [0.15, 0.2) is 119 Å². The Balaban J connectivity index is 1.44. The molecule has 35 heavy (non-hydrogen) atoms. The lowest BCUT2D eigenvalue weighted by molar-refractivity contribution is 0.435.